The van der Waals surface area contributed by atoms with Gasteiger partial charge in [-0.2, -0.15) is 0 Å². The van der Waals surface area contributed by atoms with Crippen molar-refractivity contribution < 1.29 is 14.0 Å². The molecule has 2 aliphatic heterocycles. The van der Waals surface area contributed by atoms with Gasteiger partial charge in [0.1, 0.15) is 5.82 Å². The van der Waals surface area contributed by atoms with Gasteiger partial charge in [-0.3, -0.25) is 4.79 Å². The van der Waals surface area contributed by atoms with Crippen LogP contribution in [0.3, 0.4) is 0 Å². The second kappa shape index (κ2) is 6.79. The lowest BCUT2D eigenvalue weighted by atomic mass is 9.78. The molecule has 24 heavy (non-hydrogen) atoms. The Bertz CT molecular complexity index is 619. The average molecular weight is 333 g/mol. The van der Waals surface area contributed by atoms with E-state index in [1.54, 1.807) is 17.0 Å². The summed E-state index contributed by atoms with van der Waals surface area (Å²) in [5.74, 6) is -0.140. The summed E-state index contributed by atoms with van der Waals surface area (Å²) in [4.78, 5) is 28.7. The summed E-state index contributed by atoms with van der Waals surface area (Å²) in [5.41, 5.74) is 0.490. The lowest BCUT2D eigenvalue weighted by Gasteiger charge is -2.39. The fourth-order valence-electron chi connectivity index (χ4n) is 3.80. The maximum atomic E-state index is 13.0. The minimum Gasteiger partial charge on any atom is -0.338 e. The van der Waals surface area contributed by atoms with Crippen LogP contribution in [0.15, 0.2) is 24.3 Å². The highest BCUT2D eigenvalue weighted by molar-refractivity contribution is 5.85. The molecule has 2 heterocycles. The third-order valence-electron chi connectivity index (χ3n) is 5.08. The number of urea groups is 1. The third kappa shape index (κ3) is 3.23. The van der Waals surface area contributed by atoms with Crippen LogP contribution in [0.1, 0.15) is 31.7 Å². The van der Waals surface area contributed by atoms with Gasteiger partial charge in [-0.05, 0) is 43.9 Å². The first-order valence-corrected chi connectivity index (χ1v) is 8.61. The van der Waals surface area contributed by atoms with Crippen LogP contribution in [0, 0.1) is 11.2 Å². The van der Waals surface area contributed by atoms with E-state index < -0.39 is 5.41 Å². The Balaban J connectivity index is 1.69. The molecule has 0 aliphatic carbocycles. The van der Waals surface area contributed by atoms with Gasteiger partial charge in [0, 0.05) is 32.7 Å². The van der Waals surface area contributed by atoms with Gasteiger partial charge in [0.05, 0.1) is 5.41 Å². The average Bonchev–Trinajstić information content (AvgIpc) is 3.00. The van der Waals surface area contributed by atoms with Gasteiger partial charge < -0.3 is 15.1 Å². The molecule has 2 fully saturated rings. The van der Waals surface area contributed by atoms with Crippen molar-refractivity contribution >= 4 is 11.9 Å². The molecule has 2 aliphatic rings. The summed E-state index contributed by atoms with van der Waals surface area (Å²) >= 11 is 0. The topological polar surface area (TPSA) is 52.7 Å². The van der Waals surface area contributed by atoms with E-state index in [0.717, 1.165) is 31.4 Å². The zero-order chi connectivity index (χ0) is 17.2. The summed E-state index contributed by atoms with van der Waals surface area (Å²) < 4.78 is 13.0. The Morgan fingerprint density at radius 1 is 1.25 bits per heavy atom. The smallest absolute Gasteiger partial charge is 0.317 e. The number of hydrogen-bond acceptors (Lipinski definition) is 2. The monoisotopic (exact) mass is 333 g/mol. The van der Waals surface area contributed by atoms with Crippen LogP contribution in [0.25, 0.3) is 0 Å². The number of rotatable bonds is 3. The molecule has 0 saturated carbocycles. The summed E-state index contributed by atoms with van der Waals surface area (Å²) in [6, 6.07) is 6.20. The van der Waals surface area contributed by atoms with Crippen molar-refractivity contribution in [1.29, 1.82) is 0 Å². The van der Waals surface area contributed by atoms with Crippen molar-refractivity contribution in [3.8, 4) is 0 Å². The Morgan fingerprint density at radius 2 is 2.00 bits per heavy atom. The number of benzene rings is 1. The molecule has 1 aromatic rings. The molecule has 1 atom stereocenters. The van der Waals surface area contributed by atoms with E-state index in [9.17, 15) is 14.0 Å². The molecule has 0 bridgehead atoms. The van der Waals surface area contributed by atoms with Crippen molar-refractivity contribution in [1.82, 2.24) is 15.1 Å². The normalized spacial score (nSPS) is 23.8. The highest BCUT2D eigenvalue weighted by atomic mass is 19.1. The Hall–Kier alpha value is -2.11. The number of piperidine rings is 1. The van der Waals surface area contributed by atoms with Crippen LogP contribution in [0.2, 0.25) is 0 Å². The molecule has 2 saturated heterocycles. The molecule has 1 spiro atoms. The van der Waals surface area contributed by atoms with E-state index in [1.807, 2.05) is 11.8 Å². The van der Waals surface area contributed by atoms with Crippen LogP contribution in [-0.2, 0) is 11.3 Å². The summed E-state index contributed by atoms with van der Waals surface area (Å²) in [6.07, 6.45) is 2.50. The number of halogens is 1. The minimum atomic E-state index is -0.441. The fourth-order valence-corrected chi connectivity index (χ4v) is 3.80. The zero-order valence-electron chi connectivity index (χ0n) is 14.1. The maximum absolute atomic E-state index is 13.0. The number of hydrogen-bond donors (Lipinski definition) is 1. The molecule has 1 N–H and O–H groups in total. The van der Waals surface area contributed by atoms with Crippen molar-refractivity contribution in [2.24, 2.45) is 5.41 Å². The molecule has 3 rings (SSSR count). The number of carbonyl (C=O) groups excluding carboxylic acids is 2. The molecule has 6 heteroatoms. The SMILES string of the molecule is CCNC(=O)N1CCC2(CCCN(Cc3ccc(F)cc3)C2=O)C1. The molecule has 1 aromatic carbocycles. The summed E-state index contributed by atoms with van der Waals surface area (Å²) in [5, 5.41) is 2.81. The Morgan fingerprint density at radius 3 is 2.71 bits per heavy atom. The summed E-state index contributed by atoms with van der Waals surface area (Å²) in [7, 11) is 0. The predicted molar refractivity (Wildman–Crippen MR) is 88.7 cm³/mol. The number of nitrogens with one attached hydrogen (secondary N) is 1. The van der Waals surface area contributed by atoms with E-state index in [0.29, 0.717) is 26.2 Å². The second-order valence-electron chi connectivity index (χ2n) is 6.74. The van der Waals surface area contributed by atoms with Crippen LogP contribution >= 0.6 is 0 Å². The van der Waals surface area contributed by atoms with Crippen LogP contribution in [0.5, 0.6) is 0 Å². The molecular formula is C18H24FN3O2. The fraction of sp³-hybridized carbons (Fsp3) is 0.556. The number of carbonyl (C=O) groups is 2. The van der Waals surface area contributed by atoms with Gasteiger partial charge in [-0.1, -0.05) is 12.1 Å². The summed E-state index contributed by atoms with van der Waals surface area (Å²) in [6.45, 7) is 4.83. The van der Waals surface area contributed by atoms with Gasteiger partial charge in [0.15, 0.2) is 0 Å². The standard InChI is InChI=1S/C18H24FN3O2/c1-2-20-17(24)22-11-9-18(13-22)8-3-10-21(16(18)23)12-14-4-6-15(19)7-5-14/h4-7H,2-3,8-13H2,1H3,(H,20,24). The first kappa shape index (κ1) is 16.7. The quantitative estimate of drug-likeness (QED) is 0.923. The zero-order valence-corrected chi connectivity index (χ0v) is 14.1. The van der Waals surface area contributed by atoms with Crippen molar-refractivity contribution in [3.63, 3.8) is 0 Å². The molecule has 5 nitrogen and oxygen atoms in total. The third-order valence-corrected chi connectivity index (χ3v) is 5.08. The number of likely N-dealkylation sites (tertiary alicyclic amines) is 2. The lowest BCUT2D eigenvalue weighted by Crippen LogP contribution is -2.50. The first-order valence-electron chi connectivity index (χ1n) is 8.61. The van der Waals surface area contributed by atoms with Crippen LogP contribution in [0.4, 0.5) is 9.18 Å². The Kier molecular flexibility index (Phi) is 4.73. The number of nitrogens with zero attached hydrogens (tertiary/aromatic N) is 2. The first-order chi connectivity index (χ1) is 11.5. The molecule has 3 amide bonds. The largest absolute Gasteiger partial charge is 0.338 e. The van der Waals surface area contributed by atoms with Crippen molar-refractivity contribution in [2.75, 3.05) is 26.2 Å². The van der Waals surface area contributed by atoms with Crippen LogP contribution in [-0.4, -0.2) is 47.9 Å². The van der Waals surface area contributed by atoms with Crippen molar-refractivity contribution in [2.45, 2.75) is 32.7 Å². The van der Waals surface area contributed by atoms with Gasteiger partial charge in [0.25, 0.3) is 0 Å². The predicted octanol–water partition coefficient (Wildman–Crippen LogP) is 2.37. The van der Waals surface area contributed by atoms with E-state index in [-0.39, 0.29) is 17.8 Å². The lowest BCUT2D eigenvalue weighted by molar-refractivity contribution is -0.146. The number of amides is 3. The van der Waals surface area contributed by atoms with E-state index in [1.165, 1.54) is 12.1 Å². The van der Waals surface area contributed by atoms with E-state index >= 15 is 0 Å². The molecule has 130 valence electrons. The molecule has 1 unspecified atom stereocenters. The van der Waals surface area contributed by atoms with Gasteiger partial charge >= 0.3 is 6.03 Å². The highest BCUT2D eigenvalue weighted by Gasteiger charge is 2.49. The van der Waals surface area contributed by atoms with E-state index in [2.05, 4.69) is 5.32 Å². The molecular weight excluding hydrogens is 309 g/mol. The second-order valence-corrected chi connectivity index (χ2v) is 6.74. The minimum absolute atomic E-state index is 0.0853. The Labute approximate surface area is 141 Å². The maximum Gasteiger partial charge on any atom is 0.317 e. The van der Waals surface area contributed by atoms with Gasteiger partial charge in [-0.15, -0.1) is 0 Å². The molecule has 0 radical (unpaired) electrons. The highest BCUT2D eigenvalue weighted by Crippen LogP contribution is 2.40. The van der Waals surface area contributed by atoms with Gasteiger partial charge in [-0.25, -0.2) is 9.18 Å². The van der Waals surface area contributed by atoms with Crippen molar-refractivity contribution in [3.05, 3.63) is 35.6 Å². The van der Waals surface area contributed by atoms with Crippen LogP contribution < -0.4 is 5.32 Å². The van der Waals surface area contributed by atoms with E-state index in [4.69, 9.17) is 0 Å². The van der Waals surface area contributed by atoms with Gasteiger partial charge in [0.2, 0.25) is 5.91 Å². The molecule has 0 aromatic heterocycles.